The molecule has 1 amide bonds. The molecular weight excluding hydrogens is 589 g/mol. The number of hydrogen-bond acceptors (Lipinski definition) is 2. The standard InChI is InChI=1S/C36H35NO2P.BrH/c1-3-36(38)37(27-29-17-8-4-9-18-29)34-25-16-26-35(39-2)33(34)28-40(30-19-10-5-11-20-30,31-21-12-6-13-22-31)32-23-14-7-15-24-32;/h4-26H,3,27-28H2,1-2H3;1H/q+1;/p-1. The Morgan fingerprint density at radius 3 is 1.56 bits per heavy atom. The molecule has 0 radical (unpaired) electrons. The minimum absolute atomic E-state index is 0. The second kappa shape index (κ2) is 14.3. The van der Waals surface area contributed by atoms with Gasteiger partial charge in [0.25, 0.3) is 0 Å². The van der Waals surface area contributed by atoms with Crippen LogP contribution in [-0.4, -0.2) is 13.0 Å². The Morgan fingerprint density at radius 2 is 1.12 bits per heavy atom. The first-order valence-electron chi connectivity index (χ1n) is 13.7. The summed E-state index contributed by atoms with van der Waals surface area (Å²) in [6.07, 6.45) is 1.13. The largest absolute Gasteiger partial charge is 1.00 e. The van der Waals surface area contributed by atoms with Gasteiger partial charge in [-0.1, -0.05) is 97.9 Å². The molecule has 0 saturated heterocycles. The van der Waals surface area contributed by atoms with Crippen molar-refractivity contribution < 1.29 is 26.5 Å². The van der Waals surface area contributed by atoms with Gasteiger partial charge in [-0.2, -0.15) is 0 Å². The molecule has 0 N–H and O–H groups in total. The number of carbonyl (C=O) groups is 1. The van der Waals surface area contributed by atoms with Crippen molar-refractivity contribution in [2.24, 2.45) is 0 Å². The van der Waals surface area contributed by atoms with E-state index in [1.54, 1.807) is 7.11 Å². The molecule has 5 aromatic rings. The van der Waals surface area contributed by atoms with Crippen molar-refractivity contribution in [3.05, 3.63) is 151 Å². The maximum Gasteiger partial charge on any atom is 0.227 e. The topological polar surface area (TPSA) is 29.5 Å². The van der Waals surface area contributed by atoms with Gasteiger partial charge in [0, 0.05) is 6.42 Å². The Balaban J connectivity index is 0.00000387. The molecule has 0 bridgehead atoms. The lowest BCUT2D eigenvalue weighted by atomic mass is 10.1. The molecule has 5 heteroatoms. The molecule has 0 heterocycles. The van der Waals surface area contributed by atoms with Crippen LogP contribution >= 0.6 is 7.26 Å². The van der Waals surface area contributed by atoms with Gasteiger partial charge in [-0.25, -0.2) is 0 Å². The van der Waals surface area contributed by atoms with Crippen molar-refractivity contribution in [2.45, 2.75) is 26.1 Å². The number of benzene rings is 5. The van der Waals surface area contributed by atoms with Gasteiger partial charge in [0.15, 0.2) is 0 Å². The summed E-state index contributed by atoms with van der Waals surface area (Å²) in [7, 11) is -0.499. The molecule has 0 atom stereocenters. The molecule has 5 rings (SSSR count). The maximum absolute atomic E-state index is 13.5. The Morgan fingerprint density at radius 1 is 0.659 bits per heavy atom. The van der Waals surface area contributed by atoms with Crippen molar-refractivity contribution >= 4 is 34.8 Å². The first-order chi connectivity index (χ1) is 19.7. The first-order valence-corrected chi connectivity index (χ1v) is 15.7. The van der Waals surface area contributed by atoms with Crippen LogP contribution in [0, 0.1) is 0 Å². The first kappa shape index (κ1) is 30.2. The Bertz CT molecular complexity index is 1430. The molecule has 41 heavy (non-hydrogen) atoms. The molecule has 0 fully saturated rings. The molecule has 3 nitrogen and oxygen atoms in total. The summed E-state index contributed by atoms with van der Waals surface area (Å²) in [5.41, 5.74) is 3.04. The Labute approximate surface area is 254 Å². The van der Waals surface area contributed by atoms with Crippen LogP contribution in [0.1, 0.15) is 24.5 Å². The minimum Gasteiger partial charge on any atom is -1.00 e. The predicted octanol–water partition coefficient (Wildman–Crippen LogP) is 4.14. The van der Waals surface area contributed by atoms with Crippen molar-refractivity contribution in [2.75, 3.05) is 12.0 Å². The van der Waals surface area contributed by atoms with Gasteiger partial charge in [0.2, 0.25) is 5.91 Å². The average molecular weight is 625 g/mol. The van der Waals surface area contributed by atoms with Crippen LogP contribution in [-0.2, 0) is 17.5 Å². The molecule has 0 saturated carbocycles. The van der Waals surface area contributed by atoms with Gasteiger partial charge in [0.05, 0.1) is 24.9 Å². The molecule has 0 aromatic heterocycles. The minimum atomic E-state index is -2.22. The van der Waals surface area contributed by atoms with Crippen LogP contribution in [0.2, 0.25) is 0 Å². The fourth-order valence-electron chi connectivity index (χ4n) is 5.43. The third-order valence-electron chi connectivity index (χ3n) is 7.39. The monoisotopic (exact) mass is 623 g/mol. The SMILES string of the molecule is CCC(=O)N(Cc1ccccc1)c1cccc(OC)c1C[P+](c1ccccc1)(c1ccccc1)c1ccccc1.[Br-]. The van der Waals surface area contributed by atoms with E-state index in [0.717, 1.165) is 22.6 Å². The van der Waals surface area contributed by atoms with Crippen molar-refractivity contribution in [1.82, 2.24) is 0 Å². The summed E-state index contributed by atoms with van der Waals surface area (Å²) in [5.74, 6) is 0.882. The lowest BCUT2D eigenvalue weighted by molar-refractivity contribution is -0.118. The van der Waals surface area contributed by atoms with Crippen LogP contribution in [0.25, 0.3) is 0 Å². The van der Waals surface area contributed by atoms with E-state index in [1.165, 1.54) is 15.9 Å². The van der Waals surface area contributed by atoms with E-state index in [9.17, 15) is 4.79 Å². The highest BCUT2D eigenvalue weighted by Crippen LogP contribution is 2.60. The van der Waals surface area contributed by atoms with E-state index in [2.05, 4.69) is 109 Å². The van der Waals surface area contributed by atoms with Gasteiger partial charge in [-0.15, -0.1) is 0 Å². The van der Waals surface area contributed by atoms with Gasteiger partial charge in [-0.05, 0) is 54.1 Å². The lowest BCUT2D eigenvalue weighted by Crippen LogP contribution is -3.00. The molecule has 0 aliphatic rings. The van der Waals surface area contributed by atoms with Gasteiger partial charge in [-0.3, -0.25) is 4.79 Å². The second-order valence-corrected chi connectivity index (χ2v) is 13.2. The molecule has 0 unspecified atom stereocenters. The quantitative estimate of drug-likeness (QED) is 0.219. The maximum atomic E-state index is 13.5. The summed E-state index contributed by atoms with van der Waals surface area (Å²) in [5, 5.41) is 3.88. The number of amides is 1. The van der Waals surface area contributed by atoms with Crippen LogP contribution in [0.3, 0.4) is 0 Å². The number of rotatable bonds is 10. The molecule has 0 aliphatic carbocycles. The zero-order valence-electron chi connectivity index (χ0n) is 23.5. The van der Waals surface area contributed by atoms with Crippen LogP contribution in [0.5, 0.6) is 5.75 Å². The predicted molar refractivity (Wildman–Crippen MR) is 170 cm³/mol. The van der Waals surface area contributed by atoms with E-state index in [0.29, 0.717) is 19.1 Å². The molecule has 208 valence electrons. The molecular formula is C36H35BrNO2P. The number of nitrogens with zero attached hydrogens (tertiary/aromatic N) is 1. The summed E-state index contributed by atoms with van der Waals surface area (Å²) in [6, 6.07) is 48.8. The number of anilines is 1. The third-order valence-corrected chi connectivity index (χ3v) is 11.7. The molecule has 0 spiro atoms. The molecule has 5 aromatic carbocycles. The van der Waals surface area contributed by atoms with E-state index < -0.39 is 7.26 Å². The van der Waals surface area contributed by atoms with Gasteiger partial charge < -0.3 is 26.6 Å². The smallest absolute Gasteiger partial charge is 0.227 e. The third kappa shape index (κ3) is 6.45. The highest BCUT2D eigenvalue weighted by molar-refractivity contribution is 7.95. The van der Waals surface area contributed by atoms with E-state index >= 15 is 0 Å². The second-order valence-electron chi connectivity index (χ2n) is 9.75. The fraction of sp³-hybridized carbons (Fsp3) is 0.139. The van der Waals surface area contributed by atoms with Crippen LogP contribution < -0.4 is 42.5 Å². The van der Waals surface area contributed by atoms with E-state index in [-0.39, 0.29) is 22.9 Å². The summed E-state index contributed by atoms with van der Waals surface area (Å²) in [4.78, 5) is 15.5. The van der Waals surface area contributed by atoms with Gasteiger partial charge in [0.1, 0.15) is 35.1 Å². The number of methoxy groups -OCH3 is 1. The lowest BCUT2D eigenvalue weighted by Gasteiger charge is -2.31. The highest BCUT2D eigenvalue weighted by Gasteiger charge is 2.47. The number of halogens is 1. The zero-order valence-corrected chi connectivity index (χ0v) is 26.0. The Kier molecular flexibility index (Phi) is 10.5. The van der Waals surface area contributed by atoms with Crippen LogP contribution in [0.15, 0.2) is 140 Å². The summed E-state index contributed by atoms with van der Waals surface area (Å²) < 4.78 is 6.03. The average Bonchev–Trinajstić information content (AvgIpc) is 3.04. The van der Waals surface area contributed by atoms with Crippen molar-refractivity contribution in [3.63, 3.8) is 0 Å². The number of ether oxygens (including phenoxy) is 1. The zero-order chi connectivity index (χ0) is 27.8. The summed E-state index contributed by atoms with van der Waals surface area (Å²) in [6.45, 7) is 2.43. The normalized spacial score (nSPS) is 10.9. The van der Waals surface area contributed by atoms with E-state index in [1.807, 2.05) is 42.2 Å². The Hall–Kier alpha value is -3.72. The number of hydrogen-bond donors (Lipinski definition) is 0. The van der Waals surface area contributed by atoms with Crippen molar-refractivity contribution in [3.8, 4) is 5.75 Å². The fourth-order valence-corrected chi connectivity index (χ4v) is 9.70. The van der Waals surface area contributed by atoms with Crippen LogP contribution in [0.4, 0.5) is 5.69 Å². The summed E-state index contributed by atoms with van der Waals surface area (Å²) >= 11 is 0. The molecule has 0 aliphatic heterocycles. The highest BCUT2D eigenvalue weighted by atomic mass is 79.9. The van der Waals surface area contributed by atoms with Crippen molar-refractivity contribution in [1.29, 1.82) is 0 Å². The number of carbonyl (C=O) groups excluding carboxylic acids is 1. The van der Waals surface area contributed by atoms with E-state index in [4.69, 9.17) is 4.74 Å². The van der Waals surface area contributed by atoms with Gasteiger partial charge >= 0.3 is 0 Å².